The molecule has 5 nitrogen and oxygen atoms in total. The molecule has 0 bridgehead atoms. The SMILES string of the molecule is Cc1nc(C)c(C(=O)N(C)Cc2ncc[nH]2)s1. The molecule has 6 heteroatoms. The van der Waals surface area contributed by atoms with Crippen molar-refractivity contribution in [2.75, 3.05) is 7.05 Å². The predicted octanol–water partition coefficient (Wildman–Crippen LogP) is 1.76. The average molecular weight is 250 g/mol. The fraction of sp³-hybridized carbons (Fsp3) is 0.364. The molecule has 1 amide bonds. The van der Waals surface area contributed by atoms with E-state index >= 15 is 0 Å². The first kappa shape index (κ1) is 11.8. The largest absolute Gasteiger partial charge is 0.347 e. The lowest BCUT2D eigenvalue weighted by atomic mass is 10.3. The van der Waals surface area contributed by atoms with Crippen LogP contribution in [-0.4, -0.2) is 32.8 Å². The van der Waals surface area contributed by atoms with Crippen LogP contribution in [-0.2, 0) is 6.54 Å². The molecule has 0 aromatic carbocycles. The lowest BCUT2D eigenvalue weighted by Crippen LogP contribution is -2.26. The van der Waals surface area contributed by atoms with Crippen molar-refractivity contribution >= 4 is 17.2 Å². The Balaban J connectivity index is 2.12. The summed E-state index contributed by atoms with van der Waals surface area (Å²) in [5.74, 6) is 0.768. The Morgan fingerprint density at radius 2 is 2.29 bits per heavy atom. The van der Waals surface area contributed by atoms with Gasteiger partial charge in [0.05, 0.1) is 17.2 Å². The molecule has 0 aliphatic carbocycles. The molecule has 0 fully saturated rings. The number of hydrogen-bond acceptors (Lipinski definition) is 4. The van der Waals surface area contributed by atoms with Gasteiger partial charge in [-0.15, -0.1) is 11.3 Å². The van der Waals surface area contributed by atoms with E-state index in [4.69, 9.17) is 0 Å². The Labute approximate surface area is 104 Å². The minimum atomic E-state index is -0.00972. The number of rotatable bonds is 3. The zero-order valence-corrected chi connectivity index (χ0v) is 10.8. The first-order chi connectivity index (χ1) is 8.08. The second-order valence-corrected chi connectivity index (χ2v) is 5.05. The summed E-state index contributed by atoms with van der Waals surface area (Å²) in [5, 5.41) is 0.914. The lowest BCUT2D eigenvalue weighted by molar-refractivity contribution is 0.0785. The number of aromatic amines is 1. The van der Waals surface area contributed by atoms with E-state index in [0.717, 1.165) is 16.5 Å². The number of H-pyrrole nitrogens is 1. The Kier molecular flexibility index (Phi) is 3.23. The molecule has 0 aliphatic heterocycles. The third-order valence-electron chi connectivity index (χ3n) is 2.39. The quantitative estimate of drug-likeness (QED) is 0.902. The molecular weight excluding hydrogens is 236 g/mol. The molecule has 2 heterocycles. The summed E-state index contributed by atoms with van der Waals surface area (Å²) in [6.45, 7) is 4.24. The van der Waals surface area contributed by atoms with E-state index in [-0.39, 0.29) is 5.91 Å². The van der Waals surface area contributed by atoms with Gasteiger partial charge in [0.15, 0.2) is 0 Å². The molecule has 2 rings (SSSR count). The van der Waals surface area contributed by atoms with Gasteiger partial charge >= 0.3 is 0 Å². The minimum Gasteiger partial charge on any atom is -0.347 e. The summed E-state index contributed by atoms with van der Waals surface area (Å²) in [6.07, 6.45) is 3.42. The summed E-state index contributed by atoms with van der Waals surface area (Å²) >= 11 is 1.43. The van der Waals surface area contributed by atoms with Crippen LogP contribution in [0.15, 0.2) is 12.4 Å². The van der Waals surface area contributed by atoms with E-state index in [1.165, 1.54) is 11.3 Å². The van der Waals surface area contributed by atoms with Gasteiger partial charge in [-0.25, -0.2) is 9.97 Å². The maximum atomic E-state index is 12.2. The summed E-state index contributed by atoms with van der Waals surface area (Å²) in [4.78, 5) is 25.8. The maximum absolute atomic E-state index is 12.2. The fourth-order valence-electron chi connectivity index (χ4n) is 1.58. The van der Waals surface area contributed by atoms with Crippen molar-refractivity contribution in [2.45, 2.75) is 20.4 Å². The molecule has 2 aromatic rings. The van der Waals surface area contributed by atoms with Crippen molar-refractivity contribution in [2.24, 2.45) is 0 Å². The van der Waals surface area contributed by atoms with Gasteiger partial charge in [0.2, 0.25) is 0 Å². The van der Waals surface area contributed by atoms with E-state index in [2.05, 4.69) is 15.0 Å². The first-order valence-corrected chi connectivity index (χ1v) is 6.07. The number of hydrogen-bond donors (Lipinski definition) is 1. The third kappa shape index (κ3) is 2.52. The van der Waals surface area contributed by atoms with Gasteiger partial charge in [0, 0.05) is 19.4 Å². The Morgan fingerprint density at radius 3 is 2.82 bits per heavy atom. The number of amides is 1. The zero-order valence-electron chi connectivity index (χ0n) is 10.0. The zero-order chi connectivity index (χ0) is 12.4. The minimum absolute atomic E-state index is 0.00972. The highest BCUT2D eigenvalue weighted by Gasteiger charge is 2.18. The van der Waals surface area contributed by atoms with Crippen LogP contribution in [0.3, 0.4) is 0 Å². The van der Waals surface area contributed by atoms with Crippen LogP contribution >= 0.6 is 11.3 Å². The van der Waals surface area contributed by atoms with Crippen molar-refractivity contribution in [3.8, 4) is 0 Å². The van der Waals surface area contributed by atoms with Gasteiger partial charge in [0.25, 0.3) is 5.91 Å². The van der Waals surface area contributed by atoms with E-state index in [0.29, 0.717) is 11.4 Å². The van der Waals surface area contributed by atoms with Crippen LogP contribution in [0, 0.1) is 13.8 Å². The Hall–Kier alpha value is -1.69. The Morgan fingerprint density at radius 1 is 1.53 bits per heavy atom. The lowest BCUT2D eigenvalue weighted by Gasteiger charge is -2.14. The molecule has 0 aliphatic rings. The van der Waals surface area contributed by atoms with Gasteiger partial charge in [-0.3, -0.25) is 4.79 Å². The van der Waals surface area contributed by atoms with Crippen molar-refractivity contribution in [1.29, 1.82) is 0 Å². The molecule has 90 valence electrons. The summed E-state index contributed by atoms with van der Waals surface area (Å²) < 4.78 is 0. The van der Waals surface area contributed by atoms with Crippen LogP contribution in [0.4, 0.5) is 0 Å². The number of imidazole rings is 1. The van der Waals surface area contributed by atoms with Crippen LogP contribution < -0.4 is 0 Å². The van der Waals surface area contributed by atoms with Gasteiger partial charge in [-0.2, -0.15) is 0 Å². The standard InChI is InChI=1S/C11H14N4OS/c1-7-10(17-8(2)14-7)11(16)15(3)6-9-12-4-5-13-9/h4-5H,6H2,1-3H3,(H,12,13). The summed E-state index contributed by atoms with van der Waals surface area (Å²) in [7, 11) is 1.76. The van der Waals surface area contributed by atoms with Gasteiger partial charge in [-0.05, 0) is 13.8 Å². The van der Waals surface area contributed by atoms with E-state index in [1.54, 1.807) is 24.3 Å². The number of nitrogens with zero attached hydrogens (tertiary/aromatic N) is 3. The highest BCUT2D eigenvalue weighted by atomic mass is 32.1. The highest BCUT2D eigenvalue weighted by molar-refractivity contribution is 7.13. The normalized spacial score (nSPS) is 10.5. The highest BCUT2D eigenvalue weighted by Crippen LogP contribution is 2.19. The van der Waals surface area contributed by atoms with Crippen LogP contribution in [0.5, 0.6) is 0 Å². The molecule has 0 unspecified atom stereocenters. The molecule has 2 aromatic heterocycles. The molecular formula is C11H14N4OS. The number of carbonyl (C=O) groups is 1. The number of aryl methyl sites for hydroxylation is 2. The molecule has 1 N–H and O–H groups in total. The van der Waals surface area contributed by atoms with Gasteiger partial charge in [0.1, 0.15) is 10.7 Å². The van der Waals surface area contributed by atoms with Gasteiger partial charge < -0.3 is 9.88 Å². The first-order valence-electron chi connectivity index (χ1n) is 5.25. The van der Waals surface area contributed by atoms with Crippen molar-refractivity contribution in [1.82, 2.24) is 19.9 Å². The predicted molar refractivity (Wildman–Crippen MR) is 66.0 cm³/mol. The molecule has 17 heavy (non-hydrogen) atoms. The van der Waals surface area contributed by atoms with Crippen molar-refractivity contribution < 1.29 is 4.79 Å². The Bertz CT molecular complexity index is 518. The molecule has 0 atom stereocenters. The van der Waals surface area contributed by atoms with Crippen LogP contribution in [0.25, 0.3) is 0 Å². The smallest absolute Gasteiger partial charge is 0.266 e. The van der Waals surface area contributed by atoms with Crippen molar-refractivity contribution in [3.63, 3.8) is 0 Å². The van der Waals surface area contributed by atoms with E-state index < -0.39 is 0 Å². The van der Waals surface area contributed by atoms with E-state index in [1.807, 2.05) is 13.8 Å². The number of nitrogens with one attached hydrogen (secondary N) is 1. The van der Waals surface area contributed by atoms with Crippen molar-refractivity contribution in [3.05, 3.63) is 33.8 Å². The monoisotopic (exact) mass is 250 g/mol. The van der Waals surface area contributed by atoms with Crippen LogP contribution in [0.1, 0.15) is 26.2 Å². The van der Waals surface area contributed by atoms with Gasteiger partial charge in [-0.1, -0.05) is 0 Å². The summed E-state index contributed by atoms with van der Waals surface area (Å²) in [5.41, 5.74) is 0.795. The maximum Gasteiger partial charge on any atom is 0.266 e. The topological polar surface area (TPSA) is 61.9 Å². The van der Waals surface area contributed by atoms with Crippen LogP contribution in [0.2, 0.25) is 0 Å². The van der Waals surface area contributed by atoms with E-state index in [9.17, 15) is 4.79 Å². The molecule has 0 radical (unpaired) electrons. The summed E-state index contributed by atoms with van der Waals surface area (Å²) in [6, 6.07) is 0. The molecule has 0 saturated heterocycles. The molecule has 0 spiro atoms. The second kappa shape index (κ2) is 4.67. The average Bonchev–Trinajstić information content (AvgIpc) is 2.87. The fourth-order valence-corrected chi connectivity index (χ4v) is 2.50. The second-order valence-electron chi connectivity index (χ2n) is 3.84. The molecule has 0 saturated carbocycles. The number of carbonyl (C=O) groups excluding carboxylic acids is 1. The number of aromatic nitrogens is 3. The third-order valence-corrected chi connectivity index (χ3v) is 3.45. The number of thiazole rings is 1.